The number of allylic oxidation sites excluding steroid dienone is 1. The summed E-state index contributed by atoms with van der Waals surface area (Å²) in [5.74, 6) is -0.0378. The van der Waals surface area contributed by atoms with Crippen molar-refractivity contribution in [1.82, 2.24) is 9.88 Å². The number of nitrogens with one attached hydrogen (secondary N) is 1. The number of amides is 1. The van der Waals surface area contributed by atoms with Crippen LogP contribution in [0.3, 0.4) is 0 Å². The Morgan fingerprint density at radius 2 is 2.03 bits per heavy atom. The molecule has 1 aromatic heterocycles. The predicted octanol–water partition coefficient (Wildman–Crippen LogP) is 3.34. The second-order valence-electron chi connectivity index (χ2n) is 12.0. The van der Waals surface area contributed by atoms with Crippen molar-refractivity contribution in [3.63, 3.8) is 0 Å². The molecule has 2 unspecified atom stereocenters. The number of carbonyl (C=O) groups excluding carboxylic acids is 1. The van der Waals surface area contributed by atoms with Gasteiger partial charge in [0.15, 0.2) is 0 Å². The van der Waals surface area contributed by atoms with E-state index in [1.807, 2.05) is 44.1 Å². The number of hydrogen-bond acceptors (Lipinski definition) is 6. The highest BCUT2D eigenvalue weighted by atomic mass is 35.5. The predicted molar refractivity (Wildman–Crippen MR) is 138 cm³/mol. The molecule has 1 amide bonds. The van der Waals surface area contributed by atoms with E-state index in [2.05, 4.69) is 23.3 Å². The van der Waals surface area contributed by atoms with Gasteiger partial charge < -0.3 is 25.2 Å². The molecule has 2 bridgehead atoms. The first-order chi connectivity index (χ1) is 17.0. The Labute approximate surface area is 217 Å². The van der Waals surface area contributed by atoms with Crippen LogP contribution in [0.5, 0.6) is 0 Å². The molecule has 8 atom stereocenters. The molecule has 2 spiro atoms. The molecule has 1 saturated heterocycles. The molecule has 5 aliphatic rings. The zero-order valence-corrected chi connectivity index (χ0v) is 22.2. The summed E-state index contributed by atoms with van der Waals surface area (Å²) in [6.45, 7) is 4.08. The fourth-order valence-corrected chi connectivity index (χ4v) is 8.62. The number of fused-ring (bicyclic) bond motifs is 1. The van der Waals surface area contributed by atoms with Crippen molar-refractivity contribution in [2.75, 3.05) is 19.4 Å². The number of carbonyl (C=O) groups is 1. The number of aromatic nitrogens is 1. The molecule has 2 saturated carbocycles. The first-order valence-corrected chi connectivity index (χ1v) is 13.4. The van der Waals surface area contributed by atoms with Crippen molar-refractivity contribution in [2.45, 2.75) is 86.7 Å². The first-order valence-electron chi connectivity index (χ1n) is 13.0. The van der Waals surface area contributed by atoms with Gasteiger partial charge in [-0.3, -0.25) is 9.78 Å². The molecule has 8 heteroatoms. The van der Waals surface area contributed by atoms with Gasteiger partial charge in [-0.1, -0.05) is 19.1 Å². The number of likely N-dealkylation sites (N-methyl/N-ethyl adjacent to an activating group) is 1. The minimum Gasteiger partial charge on any atom is -0.388 e. The Morgan fingerprint density at radius 1 is 1.25 bits per heavy atom. The lowest BCUT2D eigenvalue weighted by molar-refractivity contribution is -0.201. The monoisotopic (exact) mass is 513 g/mol. The van der Waals surface area contributed by atoms with Crippen LogP contribution in [0.4, 0.5) is 5.69 Å². The van der Waals surface area contributed by atoms with Gasteiger partial charge in [0, 0.05) is 29.1 Å². The average Bonchev–Trinajstić information content (AvgIpc) is 3.36. The molecule has 0 aromatic carbocycles. The van der Waals surface area contributed by atoms with E-state index in [1.54, 1.807) is 6.20 Å². The molecule has 0 radical (unpaired) electrons. The van der Waals surface area contributed by atoms with Crippen LogP contribution < -0.4 is 5.32 Å². The van der Waals surface area contributed by atoms with E-state index >= 15 is 0 Å². The SMILES string of the molecule is Cc1ncccc1NC(=O)C1=CCC2[C@@]34CC[C@]5(C[C@H](N(C)C)[C@@H](O)[C@H](O)C5=CC3(Cl)CC[C@]12C)O4. The average molecular weight is 514 g/mol. The van der Waals surface area contributed by atoms with Gasteiger partial charge in [-0.15, -0.1) is 11.6 Å². The van der Waals surface area contributed by atoms with Crippen LogP contribution in [0.15, 0.2) is 41.6 Å². The van der Waals surface area contributed by atoms with Crippen molar-refractivity contribution in [2.24, 2.45) is 11.3 Å². The smallest absolute Gasteiger partial charge is 0.251 e. The fourth-order valence-electron chi connectivity index (χ4n) is 8.14. The fraction of sp³-hybridized carbons (Fsp3) is 0.643. The van der Waals surface area contributed by atoms with Crippen LogP contribution in [0.1, 0.15) is 51.1 Å². The number of ether oxygens (including phenoxy) is 1. The molecule has 1 aromatic rings. The van der Waals surface area contributed by atoms with Gasteiger partial charge in [-0.25, -0.2) is 0 Å². The molecular weight excluding hydrogens is 478 g/mol. The molecule has 3 heterocycles. The molecule has 3 fully saturated rings. The van der Waals surface area contributed by atoms with Gasteiger partial charge in [0.25, 0.3) is 5.91 Å². The minimum absolute atomic E-state index is 0.0472. The summed E-state index contributed by atoms with van der Waals surface area (Å²) in [6, 6.07) is 3.49. The van der Waals surface area contributed by atoms with Crippen LogP contribution in [0.25, 0.3) is 0 Å². The van der Waals surface area contributed by atoms with E-state index in [4.69, 9.17) is 16.3 Å². The molecule has 2 aliphatic heterocycles. The van der Waals surface area contributed by atoms with E-state index in [9.17, 15) is 15.0 Å². The summed E-state index contributed by atoms with van der Waals surface area (Å²) < 4.78 is 7.15. The third-order valence-electron chi connectivity index (χ3n) is 10.1. The maximum absolute atomic E-state index is 13.5. The zero-order valence-electron chi connectivity index (χ0n) is 21.4. The number of halogens is 1. The highest BCUT2D eigenvalue weighted by Crippen LogP contribution is 2.70. The number of pyridine rings is 1. The number of rotatable bonds is 3. The number of anilines is 1. The van der Waals surface area contributed by atoms with Crippen LogP contribution in [0.2, 0.25) is 0 Å². The van der Waals surface area contributed by atoms with E-state index in [1.165, 1.54) is 0 Å². The zero-order chi connectivity index (χ0) is 25.7. The van der Waals surface area contributed by atoms with Crippen molar-refractivity contribution in [1.29, 1.82) is 0 Å². The summed E-state index contributed by atoms with van der Waals surface area (Å²) in [5.41, 5.74) is 1.41. The topological polar surface area (TPSA) is 94.9 Å². The van der Waals surface area contributed by atoms with E-state index in [0.29, 0.717) is 12.8 Å². The van der Waals surface area contributed by atoms with Gasteiger partial charge in [0.2, 0.25) is 0 Å². The number of aryl methyl sites for hydroxylation is 1. The van der Waals surface area contributed by atoms with E-state index in [-0.39, 0.29) is 23.3 Å². The molecule has 36 heavy (non-hydrogen) atoms. The highest BCUT2D eigenvalue weighted by molar-refractivity contribution is 6.26. The highest BCUT2D eigenvalue weighted by Gasteiger charge is 2.74. The maximum Gasteiger partial charge on any atom is 0.251 e. The summed E-state index contributed by atoms with van der Waals surface area (Å²) in [5, 5.41) is 25.1. The molecule has 194 valence electrons. The van der Waals surface area contributed by atoms with Crippen molar-refractivity contribution < 1.29 is 19.7 Å². The van der Waals surface area contributed by atoms with E-state index < -0.39 is 28.3 Å². The van der Waals surface area contributed by atoms with Crippen LogP contribution in [-0.4, -0.2) is 74.4 Å². The van der Waals surface area contributed by atoms with Gasteiger partial charge in [0.1, 0.15) is 6.10 Å². The van der Waals surface area contributed by atoms with Crippen molar-refractivity contribution in [3.05, 3.63) is 47.3 Å². The van der Waals surface area contributed by atoms with Gasteiger partial charge in [-0.2, -0.15) is 0 Å². The number of alkyl halides is 1. The Balaban J connectivity index is 1.35. The molecular formula is C28H36ClN3O4. The summed E-state index contributed by atoms with van der Waals surface area (Å²) in [4.78, 5) is 19.0. The third kappa shape index (κ3) is 3.07. The van der Waals surface area contributed by atoms with E-state index in [0.717, 1.165) is 48.2 Å². The van der Waals surface area contributed by atoms with Crippen LogP contribution >= 0.6 is 11.6 Å². The molecule has 3 N–H and O–H groups in total. The lowest BCUT2D eigenvalue weighted by Gasteiger charge is -2.61. The van der Waals surface area contributed by atoms with Crippen LogP contribution in [0, 0.1) is 18.3 Å². The van der Waals surface area contributed by atoms with Gasteiger partial charge >= 0.3 is 0 Å². The quantitative estimate of drug-likeness (QED) is 0.424. The van der Waals surface area contributed by atoms with Crippen LogP contribution in [-0.2, 0) is 9.53 Å². The summed E-state index contributed by atoms with van der Waals surface area (Å²) in [6.07, 6.45) is 8.20. The molecule has 6 rings (SSSR count). The molecule has 3 aliphatic carbocycles. The number of nitrogens with zero attached hydrogens (tertiary/aromatic N) is 2. The van der Waals surface area contributed by atoms with Gasteiger partial charge in [-0.05, 0) is 77.2 Å². The number of hydrogen-bond donors (Lipinski definition) is 3. The second-order valence-corrected chi connectivity index (χ2v) is 12.7. The summed E-state index contributed by atoms with van der Waals surface area (Å²) >= 11 is 7.46. The third-order valence-corrected chi connectivity index (χ3v) is 10.8. The van der Waals surface area contributed by atoms with Gasteiger partial charge in [0.05, 0.1) is 33.6 Å². The normalized spacial score (nSPS) is 44.9. The minimum atomic E-state index is -1.00. The number of aliphatic hydroxyl groups is 2. The summed E-state index contributed by atoms with van der Waals surface area (Å²) in [7, 11) is 3.86. The Bertz CT molecular complexity index is 1190. The lowest BCUT2D eigenvalue weighted by atomic mass is 9.54. The number of aliphatic hydroxyl groups excluding tert-OH is 2. The molecule has 7 nitrogen and oxygen atoms in total. The largest absolute Gasteiger partial charge is 0.388 e. The maximum atomic E-state index is 13.5. The van der Waals surface area contributed by atoms with Crippen molar-refractivity contribution in [3.8, 4) is 0 Å². The lowest BCUT2D eigenvalue weighted by Crippen LogP contribution is -2.68. The van der Waals surface area contributed by atoms with Crippen molar-refractivity contribution >= 4 is 23.2 Å². The Hall–Kier alpha value is -1.77. The first kappa shape index (κ1) is 24.6. The standard InChI is InChI=1S/C28H36ClN3O4/c1-16-19(6-5-13-30-16)31-24(35)17-7-8-21-25(17,2)9-11-27(29)14-18-22(33)23(34)20(32(3)4)15-26(18)10-12-28(21,27)36-26/h5-7,13-14,20-23,33-34H,8-12,15H2,1-4H3,(H,31,35)/t20-,21?,22+,23+,25+,26+,27?,28-/m0/s1. The Kier molecular flexibility index (Phi) is 5.37. The second kappa shape index (κ2) is 7.87. The Morgan fingerprint density at radius 3 is 2.75 bits per heavy atom.